The zero-order valence-electron chi connectivity index (χ0n) is 12.6. The van der Waals surface area contributed by atoms with Crippen molar-refractivity contribution < 1.29 is 4.79 Å². The van der Waals surface area contributed by atoms with Gasteiger partial charge in [0, 0.05) is 29.5 Å². The lowest BCUT2D eigenvalue weighted by molar-refractivity contribution is 0.0896. The summed E-state index contributed by atoms with van der Waals surface area (Å²) in [5.41, 5.74) is 1.25. The van der Waals surface area contributed by atoms with E-state index in [0.29, 0.717) is 5.69 Å². The number of pyridine rings is 1. The van der Waals surface area contributed by atoms with E-state index >= 15 is 0 Å². The minimum Gasteiger partial charge on any atom is -0.343 e. The number of amides is 1. The minimum atomic E-state index is -0.189. The van der Waals surface area contributed by atoms with Gasteiger partial charge in [-0.25, -0.2) is 4.98 Å². The molecule has 0 saturated heterocycles. The molecule has 0 aliphatic heterocycles. The van der Waals surface area contributed by atoms with E-state index in [9.17, 15) is 4.79 Å². The quantitative estimate of drug-likeness (QED) is 0.925. The van der Waals surface area contributed by atoms with E-state index in [1.165, 1.54) is 0 Å². The first-order valence-corrected chi connectivity index (χ1v) is 7.47. The van der Waals surface area contributed by atoms with Crippen molar-refractivity contribution in [2.45, 2.75) is 26.8 Å². The van der Waals surface area contributed by atoms with Crippen molar-refractivity contribution in [2.75, 3.05) is 0 Å². The van der Waals surface area contributed by atoms with Crippen LogP contribution < -0.4 is 5.32 Å². The Hall–Kier alpha value is -1.69. The van der Waals surface area contributed by atoms with Crippen LogP contribution in [0.15, 0.2) is 35.2 Å². The van der Waals surface area contributed by atoms with Crippen molar-refractivity contribution >= 4 is 21.8 Å². The first kappa shape index (κ1) is 15.7. The SMILES string of the molecule is Cn1cc(C(NC(=O)c2ccc(Br)cn2)C(C)(C)C)cn1. The number of hydrogen-bond acceptors (Lipinski definition) is 3. The van der Waals surface area contributed by atoms with Crippen LogP contribution in [0.3, 0.4) is 0 Å². The molecule has 1 N–H and O–H groups in total. The molecule has 21 heavy (non-hydrogen) atoms. The molecule has 0 saturated carbocycles. The molecule has 1 amide bonds. The Morgan fingerprint density at radius 2 is 2.05 bits per heavy atom. The lowest BCUT2D eigenvalue weighted by atomic mass is 9.83. The Kier molecular flexibility index (Phi) is 4.46. The second-order valence-electron chi connectivity index (χ2n) is 6.08. The molecule has 2 rings (SSSR count). The molecule has 1 atom stereocenters. The molecule has 2 aromatic rings. The van der Waals surface area contributed by atoms with Crippen molar-refractivity contribution in [3.05, 3.63) is 46.5 Å². The zero-order chi connectivity index (χ0) is 15.6. The smallest absolute Gasteiger partial charge is 0.270 e. The summed E-state index contributed by atoms with van der Waals surface area (Å²) >= 11 is 3.31. The van der Waals surface area contributed by atoms with Crippen molar-refractivity contribution in [1.82, 2.24) is 20.1 Å². The van der Waals surface area contributed by atoms with Gasteiger partial charge >= 0.3 is 0 Å². The van der Waals surface area contributed by atoms with Crippen molar-refractivity contribution in [1.29, 1.82) is 0 Å². The maximum absolute atomic E-state index is 12.4. The fraction of sp³-hybridized carbons (Fsp3) is 0.400. The standard InChI is InChI=1S/C15H19BrN4O/c1-15(2,3)13(10-7-18-20(4)9-10)19-14(21)12-6-5-11(16)8-17-12/h5-9,13H,1-4H3,(H,19,21). The molecule has 0 spiro atoms. The van der Waals surface area contributed by atoms with Gasteiger partial charge in [-0.15, -0.1) is 0 Å². The van der Waals surface area contributed by atoms with E-state index in [0.717, 1.165) is 10.0 Å². The van der Waals surface area contributed by atoms with Crippen LogP contribution in [0.2, 0.25) is 0 Å². The number of carbonyl (C=O) groups is 1. The highest BCUT2D eigenvalue weighted by Gasteiger charge is 2.29. The van der Waals surface area contributed by atoms with Gasteiger partial charge in [-0.2, -0.15) is 5.10 Å². The van der Waals surface area contributed by atoms with Crippen LogP contribution in [0.4, 0.5) is 0 Å². The third-order valence-electron chi connectivity index (χ3n) is 3.16. The van der Waals surface area contributed by atoms with E-state index in [1.54, 1.807) is 29.2 Å². The molecule has 112 valence electrons. The monoisotopic (exact) mass is 350 g/mol. The molecule has 2 heterocycles. The highest BCUT2D eigenvalue weighted by molar-refractivity contribution is 9.10. The van der Waals surface area contributed by atoms with Crippen molar-refractivity contribution in [2.24, 2.45) is 12.5 Å². The largest absolute Gasteiger partial charge is 0.343 e. The highest BCUT2D eigenvalue weighted by atomic mass is 79.9. The van der Waals surface area contributed by atoms with Crippen LogP contribution in [0.5, 0.6) is 0 Å². The Labute approximate surface area is 132 Å². The number of halogens is 1. The number of carbonyl (C=O) groups excluding carboxylic acids is 1. The lowest BCUT2D eigenvalue weighted by Gasteiger charge is -2.30. The molecule has 0 bridgehead atoms. The average molecular weight is 351 g/mol. The molecule has 0 aliphatic carbocycles. The van der Waals surface area contributed by atoms with E-state index < -0.39 is 0 Å². The van der Waals surface area contributed by atoms with Gasteiger partial charge in [0.25, 0.3) is 5.91 Å². The molecular formula is C15H19BrN4O. The zero-order valence-corrected chi connectivity index (χ0v) is 14.2. The van der Waals surface area contributed by atoms with Gasteiger partial charge < -0.3 is 5.32 Å². The highest BCUT2D eigenvalue weighted by Crippen LogP contribution is 2.32. The normalized spacial score (nSPS) is 13.0. The van der Waals surface area contributed by atoms with Crippen LogP contribution in [0, 0.1) is 5.41 Å². The summed E-state index contributed by atoms with van der Waals surface area (Å²) < 4.78 is 2.58. The Morgan fingerprint density at radius 3 is 2.52 bits per heavy atom. The number of aromatic nitrogens is 3. The fourth-order valence-corrected chi connectivity index (χ4v) is 2.34. The van der Waals surface area contributed by atoms with Crippen molar-refractivity contribution in [3.8, 4) is 0 Å². The third kappa shape index (κ3) is 3.91. The Bertz CT molecular complexity index is 628. The van der Waals surface area contributed by atoms with Gasteiger partial charge in [0.2, 0.25) is 0 Å². The first-order chi connectivity index (χ1) is 9.77. The van der Waals surface area contributed by atoms with Gasteiger partial charge in [0.15, 0.2) is 0 Å². The Morgan fingerprint density at radius 1 is 1.33 bits per heavy atom. The minimum absolute atomic E-state index is 0.131. The maximum Gasteiger partial charge on any atom is 0.270 e. The number of rotatable bonds is 3. The van der Waals surface area contributed by atoms with E-state index in [2.05, 4.69) is 52.1 Å². The van der Waals surface area contributed by atoms with E-state index in [4.69, 9.17) is 0 Å². The second-order valence-corrected chi connectivity index (χ2v) is 7.00. The summed E-state index contributed by atoms with van der Waals surface area (Å²) in [5.74, 6) is -0.189. The predicted molar refractivity (Wildman–Crippen MR) is 84.8 cm³/mol. The predicted octanol–water partition coefficient (Wildman–Crippen LogP) is 3.09. The van der Waals surface area contributed by atoms with E-state index in [-0.39, 0.29) is 17.4 Å². The van der Waals surface area contributed by atoms with Gasteiger partial charge in [-0.05, 0) is 33.5 Å². The summed E-state index contributed by atoms with van der Waals surface area (Å²) in [5, 5.41) is 7.24. The fourth-order valence-electron chi connectivity index (χ4n) is 2.10. The molecule has 1 unspecified atom stereocenters. The van der Waals surface area contributed by atoms with Gasteiger partial charge in [0.05, 0.1) is 12.2 Å². The summed E-state index contributed by atoms with van der Waals surface area (Å²) in [6, 6.07) is 3.37. The molecule has 0 aliphatic rings. The van der Waals surface area contributed by atoms with Crippen LogP contribution >= 0.6 is 15.9 Å². The summed E-state index contributed by atoms with van der Waals surface area (Å²) in [4.78, 5) is 16.5. The molecule has 0 aromatic carbocycles. The number of aryl methyl sites for hydroxylation is 1. The van der Waals surface area contributed by atoms with Crippen molar-refractivity contribution in [3.63, 3.8) is 0 Å². The molecular weight excluding hydrogens is 332 g/mol. The second kappa shape index (κ2) is 5.97. The van der Waals surface area contributed by atoms with Gasteiger partial charge in [-0.1, -0.05) is 20.8 Å². The molecule has 5 nitrogen and oxygen atoms in total. The molecule has 0 fully saturated rings. The summed E-state index contributed by atoms with van der Waals surface area (Å²) in [7, 11) is 1.86. The molecule has 0 radical (unpaired) electrons. The summed E-state index contributed by atoms with van der Waals surface area (Å²) in [6.07, 6.45) is 5.32. The molecule has 2 aromatic heterocycles. The van der Waals surface area contributed by atoms with Gasteiger partial charge in [0.1, 0.15) is 5.69 Å². The summed E-state index contributed by atoms with van der Waals surface area (Å²) in [6.45, 7) is 6.25. The van der Waals surface area contributed by atoms with Gasteiger partial charge in [-0.3, -0.25) is 9.48 Å². The first-order valence-electron chi connectivity index (χ1n) is 6.68. The lowest BCUT2D eigenvalue weighted by Crippen LogP contribution is -2.36. The van der Waals surface area contributed by atoms with Crippen LogP contribution in [0.1, 0.15) is 42.9 Å². The van der Waals surface area contributed by atoms with Crippen LogP contribution in [0.25, 0.3) is 0 Å². The van der Waals surface area contributed by atoms with Crippen LogP contribution in [-0.2, 0) is 7.05 Å². The number of hydrogen-bond donors (Lipinski definition) is 1. The number of nitrogens with one attached hydrogen (secondary N) is 1. The maximum atomic E-state index is 12.4. The Balaban J connectivity index is 2.23. The topological polar surface area (TPSA) is 59.8 Å². The third-order valence-corrected chi connectivity index (χ3v) is 3.63. The average Bonchev–Trinajstić information content (AvgIpc) is 2.81. The van der Waals surface area contributed by atoms with E-state index in [1.807, 2.05) is 13.2 Å². The van der Waals surface area contributed by atoms with Crippen LogP contribution in [-0.4, -0.2) is 20.7 Å². The molecule has 6 heteroatoms. The number of nitrogens with zero attached hydrogens (tertiary/aromatic N) is 3.